The van der Waals surface area contributed by atoms with Crippen LogP contribution in [-0.4, -0.2) is 20.6 Å². The van der Waals surface area contributed by atoms with Crippen LogP contribution in [0.1, 0.15) is 40.0 Å². The Hall–Kier alpha value is -2.66. The molecule has 1 saturated carbocycles. The van der Waals surface area contributed by atoms with E-state index in [1.165, 1.54) is 18.4 Å². The summed E-state index contributed by atoms with van der Waals surface area (Å²) in [6.07, 6.45) is 7.47. The molecule has 0 unspecified atom stereocenters. The Balaban J connectivity index is 1.65. The Kier molecular flexibility index (Phi) is 5.54. The van der Waals surface area contributed by atoms with Gasteiger partial charge < -0.3 is 9.88 Å². The second-order valence-electron chi connectivity index (χ2n) is 9.93. The molecule has 2 aromatic carbocycles. The summed E-state index contributed by atoms with van der Waals surface area (Å²) < 4.78 is 3.23. The number of fused-ring (bicyclic) bond motifs is 1. The van der Waals surface area contributed by atoms with E-state index in [4.69, 9.17) is 9.97 Å². The van der Waals surface area contributed by atoms with Crippen molar-refractivity contribution in [3.63, 3.8) is 0 Å². The van der Waals surface area contributed by atoms with Gasteiger partial charge in [0.25, 0.3) is 0 Å². The zero-order chi connectivity index (χ0) is 22.3. The molecular weight excluding hydrogens is 460 g/mol. The molecule has 1 aliphatic carbocycles. The fourth-order valence-corrected chi connectivity index (χ4v) is 5.72. The topological polar surface area (TPSA) is 42.7 Å². The predicted octanol–water partition coefficient (Wildman–Crippen LogP) is 7.48. The van der Waals surface area contributed by atoms with Crippen LogP contribution >= 0.6 is 15.9 Å². The quantitative estimate of drug-likeness (QED) is 0.323. The Bertz CT molecular complexity index is 1230. The fourth-order valence-electron chi connectivity index (χ4n) is 5.46. The fraction of sp³-hybridized carbons (Fsp3) is 0.333. The van der Waals surface area contributed by atoms with Crippen LogP contribution in [0.4, 0.5) is 5.82 Å². The van der Waals surface area contributed by atoms with E-state index >= 15 is 0 Å². The van der Waals surface area contributed by atoms with Crippen molar-refractivity contribution in [1.29, 1.82) is 0 Å². The standard InChI is InChI=1S/C27H29BrN4/c1-18-13-21(15-27(2,3)14-18)31-25-24-23(19-7-5-4-6-8-19)16-32(26(24)30-17-29-25)22-11-9-20(28)10-12-22/h4-12,16-18,21H,13-15H2,1-3H3,(H,29,30,31)/t18-,21+/m1/s1. The van der Waals surface area contributed by atoms with Crippen LogP contribution in [0.5, 0.6) is 0 Å². The highest BCUT2D eigenvalue weighted by atomic mass is 79.9. The highest BCUT2D eigenvalue weighted by Crippen LogP contribution is 2.41. The third-order valence-corrected chi connectivity index (χ3v) is 7.03. The lowest BCUT2D eigenvalue weighted by molar-refractivity contribution is 0.178. The number of anilines is 1. The van der Waals surface area contributed by atoms with Crippen molar-refractivity contribution >= 4 is 32.8 Å². The Morgan fingerprint density at radius 3 is 2.47 bits per heavy atom. The molecule has 2 heterocycles. The lowest BCUT2D eigenvalue weighted by Gasteiger charge is -2.39. The monoisotopic (exact) mass is 488 g/mol. The Labute approximate surface area is 198 Å². The SMILES string of the molecule is C[C@@H]1C[C@H](Nc2ncnc3c2c(-c2ccccc2)cn3-c2ccc(Br)cc2)CC(C)(C)C1. The minimum absolute atomic E-state index is 0.340. The normalized spacial score (nSPS) is 20.4. The third kappa shape index (κ3) is 4.18. The van der Waals surface area contributed by atoms with E-state index in [0.717, 1.165) is 39.0 Å². The molecule has 0 spiro atoms. The third-order valence-electron chi connectivity index (χ3n) is 6.50. The summed E-state index contributed by atoms with van der Waals surface area (Å²) in [5.74, 6) is 1.63. The molecule has 2 aromatic heterocycles. The summed E-state index contributed by atoms with van der Waals surface area (Å²) in [6, 6.07) is 19.3. The number of halogens is 1. The zero-order valence-electron chi connectivity index (χ0n) is 18.8. The molecule has 0 saturated heterocycles. The molecule has 2 atom stereocenters. The number of benzene rings is 2. The lowest BCUT2D eigenvalue weighted by Crippen LogP contribution is -2.35. The van der Waals surface area contributed by atoms with Gasteiger partial charge in [0.2, 0.25) is 0 Å². The van der Waals surface area contributed by atoms with E-state index in [2.05, 4.69) is 107 Å². The van der Waals surface area contributed by atoms with Gasteiger partial charge in [0.05, 0.1) is 5.39 Å². The van der Waals surface area contributed by atoms with Crippen LogP contribution in [0.3, 0.4) is 0 Å². The molecular formula is C27H29BrN4. The van der Waals surface area contributed by atoms with E-state index in [1.54, 1.807) is 6.33 Å². The van der Waals surface area contributed by atoms with Gasteiger partial charge in [0.1, 0.15) is 12.1 Å². The molecule has 4 nitrogen and oxygen atoms in total. The van der Waals surface area contributed by atoms with Gasteiger partial charge in [-0.05, 0) is 60.4 Å². The molecule has 1 fully saturated rings. The average Bonchev–Trinajstić information content (AvgIpc) is 3.14. The highest BCUT2D eigenvalue weighted by molar-refractivity contribution is 9.10. The summed E-state index contributed by atoms with van der Waals surface area (Å²) in [6.45, 7) is 7.13. The maximum Gasteiger partial charge on any atom is 0.150 e. The summed E-state index contributed by atoms with van der Waals surface area (Å²) in [4.78, 5) is 9.46. The minimum atomic E-state index is 0.340. The van der Waals surface area contributed by atoms with Crippen molar-refractivity contribution in [1.82, 2.24) is 14.5 Å². The van der Waals surface area contributed by atoms with Gasteiger partial charge in [-0.2, -0.15) is 0 Å². The molecule has 0 amide bonds. The number of nitrogens with zero attached hydrogens (tertiary/aromatic N) is 3. The lowest BCUT2D eigenvalue weighted by atomic mass is 9.70. The maximum atomic E-state index is 4.74. The number of aromatic nitrogens is 3. The molecule has 1 N–H and O–H groups in total. The number of hydrogen-bond donors (Lipinski definition) is 1. The predicted molar refractivity (Wildman–Crippen MR) is 136 cm³/mol. The van der Waals surface area contributed by atoms with Crippen molar-refractivity contribution in [3.8, 4) is 16.8 Å². The second-order valence-corrected chi connectivity index (χ2v) is 10.8. The first kappa shape index (κ1) is 21.2. The summed E-state index contributed by atoms with van der Waals surface area (Å²) in [7, 11) is 0. The molecule has 4 aromatic rings. The van der Waals surface area contributed by atoms with Crippen molar-refractivity contribution < 1.29 is 0 Å². The number of nitrogens with one attached hydrogen (secondary N) is 1. The zero-order valence-corrected chi connectivity index (χ0v) is 20.4. The minimum Gasteiger partial charge on any atom is -0.367 e. The first-order valence-corrected chi connectivity index (χ1v) is 12.1. The largest absolute Gasteiger partial charge is 0.367 e. The molecule has 5 heteroatoms. The smallest absolute Gasteiger partial charge is 0.150 e. The van der Waals surface area contributed by atoms with E-state index < -0.39 is 0 Å². The first-order chi connectivity index (χ1) is 15.4. The van der Waals surface area contributed by atoms with Gasteiger partial charge in [-0.3, -0.25) is 0 Å². The summed E-state index contributed by atoms with van der Waals surface area (Å²) in [5, 5.41) is 4.90. The molecule has 0 radical (unpaired) electrons. The van der Waals surface area contributed by atoms with Crippen LogP contribution in [0.2, 0.25) is 0 Å². The second kappa shape index (κ2) is 8.36. The van der Waals surface area contributed by atoms with Crippen LogP contribution in [0.25, 0.3) is 27.8 Å². The summed E-state index contributed by atoms with van der Waals surface area (Å²) in [5.41, 5.74) is 4.66. The number of hydrogen-bond acceptors (Lipinski definition) is 3. The molecule has 0 aliphatic heterocycles. The Morgan fingerprint density at radius 2 is 1.75 bits per heavy atom. The molecule has 0 bridgehead atoms. The van der Waals surface area contributed by atoms with Crippen LogP contribution in [0.15, 0.2) is 71.6 Å². The Morgan fingerprint density at radius 1 is 1.00 bits per heavy atom. The van der Waals surface area contributed by atoms with Gasteiger partial charge in [-0.25, -0.2) is 9.97 Å². The van der Waals surface area contributed by atoms with Crippen LogP contribution < -0.4 is 5.32 Å². The van der Waals surface area contributed by atoms with E-state index in [0.29, 0.717) is 17.4 Å². The summed E-state index contributed by atoms with van der Waals surface area (Å²) >= 11 is 3.55. The van der Waals surface area contributed by atoms with Crippen molar-refractivity contribution in [2.24, 2.45) is 11.3 Å². The highest BCUT2D eigenvalue weighted by Gasteiger charge is 2.32. The van der Waals surface area contributed by atoms with Gasteiger partial charge in [0.15, 0.2) is 5.65 Å². The van der Waals surface area contributed by atoms with E-state index in [9.17, 15) is 0 Å². The van der Waals surface area contributed by atoms with E-state index in [1.807, 2.05) is 0 Å². The van der Waals surface area contributed by atoms with Crippen LogP contribution in [0, 0.1) is 11.3 Å². The van der Waals surface area contributed by atoms with Gasteiger partial charge in [-0.1, -0.05) is 67.0 Å². The van der Waals surface area contributed by atoms with Crippen molar-refractivity contribution in [2.75, 3.05) is 5.32 Å². The maximum absolute atomic E-state index is 4.74. The van der Waals surface area contributed by atoms with Gasteiger partial charge >= 0.3 is 0 Å². The number of rotatable bonds is 4. The molecule has 5 rings (SSSR count). The van der Waals surface area contributed by atoms with E-state index in [-0.39, 0.29) is 0 Å². The van der Waals surface area contributed by atoms with Crippen molar-refractivity contribution in [3.05, 3.63) is 71.6 Å². The van der Waals surface area contributed by atoms with Gasteiger partial charge in [-0.15, -0.1) is 0 Å². The van der Waals surface area contributed by atoms with Crippen molar-refractivity contribution in [2.45, 2.75) is 46.1 Å². The average molecular weight is 489 g/mol. The van der Waals surface area contributed by atoms with Gasteiger partial charge in [0, 0.05) is 28.0 Å². The first-order valence-electron chi connectivity index (χ1n) is 11.3. The van der Waals surface area contributed by atoms with Crippen LogP contribution in [-0.2, 0) is 0 Å². The molecule has 32 heavy (non-hydrogen) atoms. The molecule has 1 aliphatic rings. The molecule has 164 valence electrons.